The Hall–Kier alpha value is 0.430. The zero-order valence-electron chi connectivity index (χ0n) is 8.10. The van der Waals surface area contributed by atoms with Gasteiger partial charge in [-0.2, -0.15) is 0 Å². The van der Waals surface area contributed by atoms with Crippen molar-refractivity contribution < 1.29 is 0 Å². The molecule has 0 saturated heterocycles. The molecule has 1 aliphatic rings. The number of hydrogen-bond donors (Lipinski definition) is 0. The Morgan fingerprint density at radius 2 is 1.33 bits per heavy atom. The fourth-order valence-electron chi connectivity index (χ4n) is 1.45. The largest absolute Gasteiger partial charge is 0.0928 e. The Bertz CT molecular complexity index is 115. The second-order valence-electron chi connectivity index (χ2n) is 3.44. The van der Waals surface area contributed by atoms with Gasteiger partial charge in [0.05, 0.1) is 0 Å². The number of rotatable bonds is 3. The van der Waals surface area contributed by atoms with Crippen LogP contribution in [0.1, 0.15) is 27.7 Å². The van der Waals surface area contributed by atoms with E-state index in [0.29, 0.717) is 11.3 Å². The molecule has 0 amide bonds. The highest BCUT2D eigenvalue weighted by Gasteiger charge is 2.30. The minimum Gasteiger partial charge on any atom is -0.0928 e. The van der Waals surface area contributed by atoms with Gasteiger partial charge in [-0.05, 0) is 11.3 Å². The van der Waals surface area contributed by atoms with Gasteiger partial charge in [-0.15, -0.1) is 0 Å². The summed E-state index contributed by atoms with van der Waals surface area (Å²) in [5.41, 5.74) is 2.61. The summed E-state index contributed by atoms with van der Waals surface area (Å²) in [6.45, 7) is 9.06. The monoisotopic (exact) mass is 177 g/mol. The van der Waals surface area contributed by atoms with Gasteiger partial charge in [-0.3, -0.25) is 0 Å². The van der Waals surface area contributed by atoms with Gasteiger partial charge in [0.2, 0.25) is 0 Å². The maximum absolute atomic E-state index is 3.09. The molecule has 0 aliphatic heterocycles. The highest BCUT2D eigenvalue weighted by atomic mass is 31.1. The van der Waals surface area contributed by atoms with Gasteiger partial charge in [0, 0.05) is 31.3 Å². The van der Waals surface area contributed by atoms with Crippen LogP contribution in [0.3, 0.4) is 0 Å². The van der Waals surface area contributed by atoms with E-state index < -0.39 is 0 Å². The highest BCUT2D eigenvalue weighted by molar-refractivity contribution is 7.62. The van der Waals surface area contributed by atoms with Crippen molar-refractivity contribution in [2.24, 2.45) is 0 Å². The first-order chi connectivity index (χ1) is 5.63. The van der Waals surface area contributed by atoms with Gasteiger partial charge in [0.1, 0.15) is 0 Å². The van der Waals surface area contributed by atoms with Crippen LogP contribution >= 0.6 is 7.92 Å². The van der Waals surface area contributed by atoms with Crippen molar-refractivity contribution in [2.45, 2.75) is 39.0 Å². The summed E-state index contributed by atoms with van der Waals surface area (Å²) in [5, 5.41) is 0. The van der Waals surface area contributed by atoms with Crippen LogP contribution in [-0.2, 0) is 0 Å². The fraction of sp³-hybridized carbons (Fsp3) is 0.545. The van der Waals surface area contributed by atoms with Gasteiger partial charge in [-0.25, -0.2) is 0 Å². The zero-order valence-corrected chi connectivity index (χ0v) is 9.00. The van der Waals surface area contributed by atoms with Gasteiger partial charge in [-0.1, -0.05) is 35.6 Å². The first-order valence-corrected chi connectivity index (χ1v) is 5.78. The molecule has 0 heterocycles. The molecule has 1 aliphatic carbocycles. The summed E-state index contributed by atoms with van der Waals surface area (Å²) >= 11 is 0. The highest BCUT2D eigenvalue weighted by Crippen LogP contribution is 2.59. The molecule has 0 spiro atoms. The predicted octanol–water partition coefficient (Wildman–Crippen LogP) is 3.16. The summed E-state index contributed by atoms with van der Waals surface area (Å²) in [6.07, 6.45) is 11.8. The fourth-order valence-corrected chi connectivity index (χ4v) is 4.05. The third kappa shape index (κ3) is 2.46. The molecule has 0 atom stereocenters. The van der Waals surface area contributed by atoms with E-state index in [1.54, 1.807) is 0 Å². The van der Waals surface area contributed by atoms with Gasteiger partial charge in [0.15, 0.2) is 0 Å². The van der Waals surface area contributed by atoms with E-state index >= 15 is 0 Å². The first kappa shape index (κ1) is 10.5. The zero-order chi connectivity index (χ0) is 9.14. The van der Waals surface area contributed by atoms with E-state index in [0.717, 1.165) is 0 Å². The Morgan fingerprint density at radius 1 is 0.917 bits per heavy atom. The van der Waals surface area contributed by atoms with E-state index in [9.17, 15) is 0 Å². The van der Waals surface area contributed by atoms with Crippen LogP contribution in [0.25, 0.3) is 0 Å². The molecule has 0 unspecified atom stereocenters. The van der Waals surface area contributed by atoms with E-state index in [1.165, 1.54) is 5.66 Å². The Kier molecular flexibility index (Phi) is 4.03. The minimum atomic E-state index is -0.110. The van der Waals surface area contributed by atoms with Gasteiger partial charge < -0.3 is 0 Å². The Labute approximate surface area is 78.9 Å². The molecule has 9 radical (unpaired) electrons. The lowest BCUT2D eigenvalue weighted by molar-refractivity contribution is 1.00. The van der Waals surface area contributed by atoms with Crippen LogP contribution in [0.15, 0.2) is 0 Å². The van der Waals surface area contributed by atoms with Crippen molar-refractivity contribution in [3.05, 3.63) is 31.3 Å². The van der Waals surface area contributed by atoms with Crippen molar-refractivity contribution in [1.29, 1.82) is 0 Å². The van der Waals surface area contributed by atoms with Crippen molar-refractivity contribution in [3.63, 3.8) is 0 Å². The molecule has 0 N–H and O–H groups in total. The normalized spacial score (nSPS) is 20.2. The lowest BCUT2D eigenvalue weighted by atomic mass is 10.4. The Morgan fingerprint density at radius 3 is 1.67 bits per heavy atom. The third-order valence-electron chi connectivity index (χ3n) is 1.80. The number of hydrogen-bond acceptors (Lipinski definition) is 0. The van der Waals surface area contributed by atoms with Crippen molar-refractivity contribution in [1.82, 2.24) is 0 Å². The molecular formula is C11H14P. The summed E-state index contributed by atoms with van der Waals surface area (Å²) in [7, 11) is -0.110. The molecule has 0 aromatic carbocycles. The molecule has 0 aromatic heterocycles. The average Bonchev–Trinajstić information content (AvgIpc) is 2.37. The van der Waals surface area contributed by atoms with Crippen molar-refractivity contribution in [3.8, 4) is 0 Å². The van der Waals surface area contributed by atoms with Crippen LogP contribution in [-0.4, -0.2) is 11.3 Å². The minimum absolute atomic E-state index is 0.110. The SMILES string of the molecule is CC(C)P([C]1[C][C][C][C]1)C(C)C. The second-order valence-corrected chi connectivity index (χ2v) is 6.77. The summed E-state index contributed by atoms with van der Waals surface area (Å²) in [5.74, 6) is 0. The lowest BCUT2D eigenvalue weighted by Gasteiger charge is -2.30. The summed E-state index contributed by atoms with van der Waals surface area (Å²) in [6, 6.07) is 0. The standard InChI is InChI=1S/C11H14P/c1-9(2)12(10(3)4)11-7-5-6-8-11/h9-10H,1-4H3. The van der Waals surface area contributed by atoms with Gasteiger partial charge in [0.25, 0.3) is 0 Å². The second kappa shape index (κ2) is 4.61. The summed E-state index contributed by atoms with van der Waals surface area (Å²) < 4.78 is 0. The van der Waals surface area contributed by atoms with Crippen LogP contribution in [0, 0.1) is 31.3 Å². The molecule has 0 aromatic rings. The van der Waals surface area contributed by atoms with Crippen LogP contribution in [0.2, 0.25) is 0 Å². The topological polar surface area (TPSA) is 0 Å². The lowest BCUT2D eigenvalue weighted by Crippen LogP contribution is -2.09. The summed E-state index contributed by atoms with van der Waals surface area (Å²) in [4.78, 5) is 0. The molecule has 0 bridgehead atoms. The van der Waals surface area contributed by atoms with Gasteiger partial charge >= 0.3 is 0 Å². The van der Waals surface area contributed by atoms with Crippen LogP contribution < -0.4 is 0 Å². The molecule has 63 valence electrons. The maximum Gasteiger partial charge on any atom is 0.0167 e. The van der Waals surface area contributed by atoms with Crippen molar-refractivity contribution in [2.75, 3.05) is 0 Å². The van der Waals surface area contributed by atoms with E-state index in [-0.39, 0.29) is 7.92 Å². The van der Waals surface area contributed by atoms with Crippen LogP contribution in [0.5, 0.6) is 0 Å². The predicted molar refractivity (Wildman–Crippen MR) is 53.4 cm³/mol. The molecule has 1 fully saturated rings. The molecule has 1 saturated carbocycles. The quantitative estimate of drug-likeness (QED) is 0.581. The maximum atomic E-state index is 3.09. The molecule has 0 nitrogen and oxygen atoms in total. The molecule has 1 heteroatoms. The van der Waals surface area contributed by atoms with Crippen LogP contribution in [0.4, 0.5) is 0 Å². The third-order valence-corrected chi connectivity index (χ3v) is 4.76. The van der Waals surface area contributed by atoms with E-state index in [4.69, 9.17) is 0 Å². The smallest absolute Gasteiger partial charge is 0.0167 e. The van der Waals surface area contributed by atoms with Crippen molar-refractivity contribution >= 4 is 7.92 Å². The molecule has 1 rings (SSSR count). The Balaban J connectivity index is 2.52. The average molecular weight is 177 g/mol. The molecular weight excluding hydrogens is 163 g/mol. The van der Waals surface area contributed by atoms with E-state index in [1.807, 2.05) is 0 Å². The molecule has 12 heavy (non-hydrogen) atoms. The van der Waals surface area contributed by atoms with E-state index in [2.05, 4.69) is 53.4 Å². The first-order valence-electron chi connectivity index (χ1n) is 4.30.